The summed E-state index contributed by atoms with van der Waals surface area (Å²) in [6, 6.07) is 3.23. The van der Waals surface area contributed by atoms with Gasteiger partial charge in [0.1, 0.15) is 11.4 Å². The van der Waals surface area contributed by atoms with Crippen molar-refractivity contribution in [2.24, 2.45) is 0 Å². The molecule has 0 saturated carbocycles. The van der Waals surface area contributed by atoms with E-state index in [0.717, 1.165) is 17.1 Å². The molecule has 0 radical (unpaired) electrons. The maximum atomic E-state index is 13.7. The Morgan fingerprint density at radius 2 is 1.86 bits per heavy atom. The van der Waals surface area contributed by atoms with E-state index in [4.69, 9.17) is 0 Å². The van der Waals surface area contributed by atoms with Crippen molar-refractivity contribution in [1.82, 2.24) is 5.32 Å². The van der Waals surface area contributed by atoms with Crippen LogP contribution in [0.4, 0.5) is 4.39 Å². The van der Waals surface area contributed by atoms with Crippen LogP contribution in [-0.2, 0) is 4.79 Å². The third-order valence-corrected chi connectivity index (χ3v) is 5.03. The minimum atomic E-state index is -1.26. The highest BCUT2D eigenvalue weighted by molar-refractivity contribution is 7.99. The SMILES string of the molecule is Cc1cc(C(C)NC(=O)C2(O)CCSCC2)cc(C)c1F. The van der Waals surface area contributed by atoms with Crippen molar-refractivity contribution in [3.05, 3.63) is 34.6 Å². The summed E-state index contributed by atoms with van der Waals surface area (Å²) < 4.78 is 13.7. The van der Waals surface area contributed by atoms with Gasteiger partial charge in [0.15, 0.2) is 0 Å². The van der Waals surface area contributed by atoms with Gasteiger partial charge in [-0.25, -0.2) is 4.39 Å². The predicted molar refractivity (Wildman–Crippen MR) is 83.9 cm³/mol. The summed E-state index contributed by atoms with van der Waals surface area (Å²) in [6.45, 7) is 5.28. The lowest BCUT2D eigenvalue weighted by Crippen LogP contribution is -2.49. The highest BCUT2D eigenvalue weighted by Gasteiger charge is 2.37. The highest BCUT2D eigenvalue weighted by atomic mass is 32.2. The first kappa shape index (κ1) is 16.3. The number of halogens is 1. The predicted octanol–water partition coefficient (Wildman–Crippen LogP) is 2.88. The second kappa shape index (κ2) is 6.36. The van der Waals surface area contributed by atoms with Gasteiger partial charge in [0.25, 0.3) is 5.91 Å². The van der Waals surface area contributed by atoms with E-state index in [1.54, 1.807) is 37.7 Å². The van der Waals surface area contributed by atoms with E-state index in [0.29, 0.717) is 24.0 Å². The van der Waals surface area contributed by atoms with Gasteiger partial charge in [0, 0.05) is 0 Å². The second-order valence-electron chi connectivity index (χ2n) is 5.81. The first-order valence-electron chi connectivity index (χ1n) is 7.21. The van der Waals surface area contributed by atoms with Gasteiger partial charge in [-0.05, 0) is 61.8 Å². The van der Waals surface area contributed by atoms with E-state index in [2.05, 4.69) is 5.32 Å². The molecule has 0 bridgehead atoms. The molecule has 5 heteroatoms. The molecule has 116 valence electrons. The third-order valence-electron chi connectivity index (χ3n) is 4.05. The van der Waals surface area contributed by atoms with Crippen molar-refractivity contribution in [3.8, 4) is 0 Å². The Bertz CT molecular complexity index is 518. The van der Waals surface area contributed by atoms with E-state index in [9.17, 15) is 14.3 Å². The van der Waals surface area contributed by atoms with Crippen LogP contribution in [0.2, 0.25) is 0 Å². The molecule has 1 aromatic carbocycles. The average molecular weight is 311 g/mol. The molecule has 0 aromatic heterocycles. The van der Waals surface area contributed by atoms with E-state index < -0.39 is 5.60 Å². The van der Waals surface area contributed by atoms with Crippen LogP contribution < -0.4 is 5.32 Å². The molecular weight excluding hydrogens is 289 g/mol. The molecule has 2 rings (SSSR count). The van der Waals surface area contributed by atoms with Gasteiger partial charge in [-0.2, -0.15) is 11.8 Å². The minimum Gasteiger partial charge on any atom is -0.380 e. The topological polar surface area (TPSA) is 49.3 Å². The summed E-state index contributed by atoms with van der Waals surface area (Å²) in [5.74, 6) is 1.07. The molecule has 1 amide bonds. The molecule has 0 spiro atoms. The zero-order valence-electron chi connectivity index (χ0n) is 12.7. The van der Waals surface area contributed by atoms with Gasteiger partial charge in [-0.1, -0.05) is 12.1 Å². The number of nitrogens with one attached hydrogen (secondary N) is 1. The molecule has 1 unspecified atom stereocenters. The first-order chi connectivity index (χ1) is 9.83. The monoisotopic (exact) mass is 311 g/mol. The van der Waals surface area contributed by atoms with E-state index in [1.165, 1.54) is 0 Å². The smallest absolute Gasteiger partial charge is 0.252 e. The quantitative estimate of drug-likeness (QED) is 0.902. The highest BCUT2D eigenvalue weighted by Crippen LogP contribution is 2.28. The minimum absolute atomic E-state index is 0.208. The van der Waals surface area contributed by atoms with Crippen molar-refractivity contribution >= 4 is 17.7 Å². The number of carbonyl (C=O) groups excluding carboxylic acids is 1. The number of thioether (sulfide) groups is 1. The number of aliphatic hydroxyl groups is 1. The Hall–Kier alpha value is -1.07. The van der Waals surface area contributed by atoms with Crippen molar-refractivity contribution in [3.63, 3.8) is 0 Å². The van der Waals surface area contributed by atoms with Gasteiger partial charge in [-0.3, -0.25) is 4.79 Å². The lowest BCUT2D eigenvalue weighted by molar-refractivity contribution is -0.141. The van der Waals surface area contributed by atoms with Crippen LogP contribution in [0, 0.1) is 19.7 Å². The fourth-order valence-corrected chi connectivity index (χ4v) is 3.75. The standard InChI is InChI=1S/C16H22FNO2S/c1-10-8-13(9-11(2)14(10)17)12(3)18-15(19)16(20)4-6-21-7-5-16/h8-9,12,20H,4-7H2,1-3H3,(H,18,19). The van der Waals surface area contributed by atoms with Gasteiger partial charge in [0.05, 0.1) is 6.04 Å². The molecule has 2 N–H and O–H groups in total. The number of aryl methyl sites for hydroxylation is 2. The Morgan fingerprint density at radius 3 is 2.38 bits per heavy atom. The Kier molecular flexibility index (Phi) is 4.94. The molecule has 1 aromatic rings. The number of carbonyl (C=O) groups is 1. The fourth-order valence-electron chi connectivity index (χ4n) is 2.58. The molecular formula is C16H22FNO2S. The number of rotatable bonds is 3. The molecule has 0 aliphatic carbocycles. The van der Waals surface area contributed by atoms with Gasteiger partial charge >= 0.3 is 0 Å². The normalized spacial score (nSPS) is 19.1. The van der Waals surface area contributed by atoms with Gasteiger partial charge in [0.2, 0.25) is 0 Å². The molecule has 1 atom stereocenters. The summed E-state index contributed by atoms with van der Waals surface area (Å²) in [6.07, 6.45) is 0.968. The van der Waals surface area contributed by atoms with Gasteiger partial charge in [-0.15, -0.1) is 0 Å². The second-order valence-corrected chi connectivity index (χ2v) is 7.03. The average Bonchev–Trinajstić information content (AvgIpc) is 2.44. The number of benzene rings is 1. The number of hydrogen-bond donors (Lipinski definition) is 2. The zero-order valence-corrected chi connectivity index (χ0v) is 13.5. The van der Waals surface area contributed by atoms with Crippen LogP contribution in [0.1, 0.15) is 42.5 Å². The molecule has 1 fully saturated rings. The van der Waals surface area contributed by atoms with Crippen molar-refractivity contribution in [1.29, 1.82) is 0 Å². The lowest BCUT2D eigenvalue weighted by atomic mass is 9.94. The molecule has 1 aliphatic rings. The van der Waals surface area contributed by atoms with Crippen molar-refractivity contribution in [2.75, 3.05) is 11.5 Å². The third kappa shape index (κ3) is 3.58. The van der Waals surface area contributed by atoms with Crippen LogP contribution >= 0.6 is 11.8 Å². The Morgan fingerprint density at radius 1 is 1.33 bits per heavy atom. The van der Waals surface area contributed by atoms with Crippen LogP contribution in [0.5, 0.6) is 0 Å². The molecule has 3 nitrogen and oxygen atoms in total. The summed E-state index contributed by atoms with van der Waals surface area (Å²) in [7, 11) is 0. The van der Waals surface area contributed by atoms with E-state index in [-0.39, 0.29) is 17.8 Å². The Labute approximate surface area is 129 Å². The summed E-state index contributed by atoms with van der Waals surface area (Å²) in [4.78, 5) is 12.3. The van der Waals surface area contributed by atoms with Crippen molar-refractivity contribution < 1.29 is 14.3 Å². The molecule has 1 saturated heterocycles. The summed E-state index contributed by atoms with van der Waals surface area (Å²) in [5.41, 5.74) is 0.732. The molecule has 1 heterocycles. The largest absolute Gasteiger partial charge is 0.380 e. The van der Waals surface area contributed by atoms with Crippen LogP contribution in [0.3, 0.4) is 0 Å². The molecule has 21 heavy (non-hydrogen) atoms. The van der Waals surface area contributed by atoms with Crippen LogP contribution in [0.15, 0.2) is 12.1 Å². The first-order valence-corrected chi connectivity index (χ1v) is 8.37. The van der Waals surface area contributed by atoms with E-state index in [1.807, 2.05) is 6.92 Å². The van der Waals surface area contributed by atoms with Crippen LogP contribution in [-0.4, -0.2) is 28.1 Å². The van der Waals surface area contributed by atoms with Crippen molar-refractivity contribution in [2.45, 2.75) is 45.3 Å². The molecule has 1 aliphatic heterocycles. The van der Waals surface area contributed by atoms with Crippen LogP contribution in [0.25, 0.3) is 0 Å². The van der Waals surface area contributed by atoms with E-state index >= 15 is 0 Å². The maximum Gasteiger partial charge on any atom is 0.252 e. The summed E-state index contributed by atoms with van der Waals surface area (Å²) >= 11 is 1.75. The summed E-state index contributed by atoms with van der Waals surface area (Å²) in [5, 5.41) is 13.3. The fraction of sp³-hybridized carbons (Fsp3) is 0.562. The maximum absolute atomic E-state index is 13.7. The lowest BCUT2D eigenvalue weighted by Gasteiger charge is -2.31. The number of amides is 1. The number of hydrogen-bond acceptors (Lipinski definition) is 3. The Balaban J connectivity index is 2.10. The zero-order chi connectivity index (χ0) is 15.6. The van der Waals surface area contributed by atoms with Gasteiger partial charge < -0.3 is 10.4 Å².